The number of hydrogen-bond donors (Lipinski definition) is 1. The summed E-state index contributed by atoms with van der Waals surface area (Å²) in [5, 5.41) is 5.58. The normalized spacial score (nSPS) is 14.1. The highest BCUT2D eigenvalue weighted by atomic mass is 16.2. The van der Waals surface area contributed by atoms with Crippen LogP contribution in [0, 0.1) is 0 Å². The molecule has 0 bridgehead atoms. The van der Waals surface area contributed by atoms with E-state index in [-0.39, 0.29) is 17.0 Å². The van der Waals surface area contributed by atoms with E-state index in [1.54, 1.807) is 10.5 Å². The van der Waals surface area contributed by atoms with Crippen LogP contribution in [0.25, 0.3) is 27.2 Å². The fraction of sp³-hybridized carbons (Fsp3) is 0.292. The first kappa shape index (κ1) is 18.8. The van der Waals surface area contributed by atoms with Crippen LogP contribution in [0.4, 0.5) is 0 Å². The molecule has 0 atom stereocenters. The number of fused-ring (bicyclic) bond motifs is 5. The number of carbonyl (C=O) groups is 1. The van der Waals surface area contributed by atoms with Crippen LogP contribution in [0.5, 0.6) is 0 Å². The van der Waals surface area contributed by atoms with Gasteiger partial charge in [0.25, 0.3) is 5.56 Å². The van der Waals surface area contributed by atoms with E-state index in [0.717, 1.165) is 53.2 Å². The molecular weight excluding hydrogens is 378 g/mol. The molecule has 1 aliphatic carbocycles. The average Bonchev–Trinajstić information content (AvgIpc) is 3.10. The number of hydrogen-bond acceptors (Lipinski definition) is 4. The van der Waals surface area contributed by atoms with E-state index < -0.39 is 0 Å². The lowest BCUT2D eigenvalue weighted by Crippen LogP contribution is -2.39. The van der Waals surface area contributed by atoms with Crippen molar-refractivity contribution in [2.75, 3.05) is 13.1 Å². The van der Waals surface area contributed by atoms with Crippen molar-refractivity contribution in [2.24, 2.45) is 0 Å². The monoisotopic (exact) mass is 401 g/mol. The zero-order valence-corrected chi connectivity index (χ0v) is 16.7. The minimum absolute atomic E-state index is 0.153. The Hall–Kier alpha value is -3.25. The van der Waals surface area contributed by atoms with E-state index in [4.69, 9.17) is 0 Å². The largest absolute Gasteiger partial charge is 0.336 e. The van der Waals surface area contributed by atoms with E-state index in [0.29, 0.717) is 30.4 Å². The minimum atomic E-state index is -0.327. The van der Waals surface area contributed by atoms with Gasteiger partial charge in [0.05, 0.1) is 16.4 Å². The molecule has 6 heteroatoms. The Bertz CT molecular complexity index is 1430. The second-order valence-electron chi connectivity index (χ2n) is 7.87. The third-order valence-corrected chi connectivity index (χ3v) is 6.13. The summed E-state index contributed by atoms with van der Waals surface area (Å²) in [5.74, 6) is 0.153. The SMILES string of the molecule is C=CCCNCCn1c(=O)c2cccc3c4c5c(ccc4n(c1=O)c23)C(=O)CCC5. The van der Waals surface area contributed by atoms with E-state index in [1.807, 2.05) is 30.3 Å². The fourth-order valence-electron chi connectivity index (χ4n) is 4.75. The molecule has 0 unspecified atom stereocenters. The Labute approximate surface area is 172 Å². The maximum absolute atomic E-state index is 13.4. The van der Waals surface area contributed by atoms with Crippen LogP contribution in [0.3, 0.4) is 0 Å². The smallest absolute Gasteiger partial charge is 0.315 e. The Kier molecular flexibility index (Phi) is 4.51. The molecule has 6 nitrogen and oxygen atoms in total. The van der Waals surface area contributed by atoms with Crippen molar-refractivity contribution in [3.8, 4) is 0 Å². The number of rotatable bonds is 6. The predicted octanol–water partition coefficient (Wildman–Crippen LogP) is 2.89. The van der Waals surface area contributed by atoms with Gasteiger partial charge in [-0.3, -0.25) is 18.6 Å². The van der Waals surface area contributed by atoms with Gasteiger partial charge in [0, 0.05) is 35.8 Å². The van der Waals surface area contributed by atoms with Crippen molar-refractivity contribution < 1.29 is 4.79 Å². The molecule has 0 saturated carbocycles. The van der Waals surface area contributed by atoms with E-state index in [9.17, 15) is 14.4 Å². The summed E-state index contributed by atoms with van der Waals surface area (Å²) in [6.07, 6.45) is 4.84. The molecule has 0 spiro atoms. The molecule has 2 heterocycles. The molecule has 2 aromatic heterocycles. The molecule has 2 aromatic carbocycles. The highest BCUT2D eigenvalue weighted by molar-refractivity contribution is 6.17. The van der Waals surface area contributed by atoms with Gasteiger partial charge < -0.3 is 5.32 Å². The van der Waals surface area contributed by atoms with Gasteiger partial charge in [-0.25, -0.2) is 4.79 Å². The Balaban J connectivity index is 1.78. The standard InChI is InChI=1S/C24H23N3O3/c1-2-3-12-25-13-14-26-23(29)18-8-4-7-17-21-16-6-5-9-20(28)15(16)10-11-19(21)27(22(17)18)24(26)30/h2,4,7-8,10-11,25H,1,3,5-6,9,12-14H2. The molecule has 4 aromatic rings. The van der Waals surface area contributed by atoms with Gasteiger partial charge in [-0.1, -0.05) is 18.2 Å². The topological polar surface area (TPSA) is 72.6 Å². The molecule has 0 amide bonds. The summed E-state index contributed by atoms with van der Waals surface area (Å²) in [6, 6.07) is 9.29. The van der Waals surface area contributed by atoms with Crippen LogP contribution in [0.1, 0.15) is 35.2 Å². The summed E-state index contributed by atoms with van der Waals surface area (Å²) in [7, 11) is 0. The third-order valence-electron chi connectivity index (χ3n) is 6.13. The third kappa shape index (κ3) is 2.64. The summed E-state index contributed by atoms with van der Waals surface area (Å²) < 4.78 is 2.97. The first-order valence-corrected chi connectivity index (χ1v) is 10.4. The molecule has 0 aliphatic heterocycles. The molecule has 0 radical (unpaired) electrons. The number of nitrogens with zero attached hydrogens (tertiary/aromatic N) is 2. The van der Waals surface area contributed by atoms with Crippen LogP contribution in [0.15, 0.2) is 52.6 Å². The van der Waals surface area contributed by atoms with E-state index in [2.05, 4.69) is 11.9 Å². The average molecular weight is 401 g/mol. The zero-order chi connectivity index (χ0) is 20.8. The van der Waals surface area contributed by atoms with Gasteiger partial charge in [0.2, 0.25) is 0 Å². The Morgan fingerprint density at radius 3 is 2.70 bits per heavy atom. The van der Waals surface area contributed by atoms with Crippen LogP contribution >= 0.6 is 0 Å². The van der Waals surface area contributed by atoms with Crippen LogP contribution in [-0.4, -0.2) is 27.8 Å². The molecule has 152 valence electrons. The second-order valence-corrected chi connectivity index (χ2v) is 7.87. The van der Waals surface area contributed by atoms with Crippen molar-refractivity contribution in [1.82, 2.24) is 14.3 Å². The lowest BCUT2D eigenvalue weighted by molar-refractivity contribution is 0.0973. The highest BCUT2D eigenvalue weighted by Crippen LogP contribution is 2.36. The van der Waals surface area contributed by atoms with Crippen molar-refractivity contribution in [3.63, 3.8) is 0 Å². The van der Waals surface area contributed by atoms with Crippen LogP contribution in [-0.2, 0) is 13.0 Å². The maximum Gasteiger partial charge on any atom is 0.336 e. The summed E-state index contributed by atoms with van der Waals surface area (Å²) in [5.41, 5.74) is 2.59. The first-order valence-electron chi connectivity index (χ1n) is 10.4. The minimum Gasteiger partial charge on any atom is -0.315 e. The Morgan fingerprint density at radius 2 is 1.87 bits per heavy atom. The molecular formula is C24H23N3O3. The number of nitrogens with one attached hydrogen (secondary N) is 1. The molecule has 5 rings (SSSR count). The highest BCUT2D eigenvalue weighted by Gasteiger charge is 2.25. The molecule has 1 N–H and O–H groups in total. The fourth-order valence-corrected chi connectivity index (χ4v) is 4.75. The van der Waals surface area contributed by atoms with Gasteiger partial charge in [0.1, 0.15) is 0 Å². The van der Waals surface area contributed by atoms with Crippen LogP contribution in [0.2, 0.25) is 0 Å². The number of Topliss-reactive ketones (excluding diaryl/α,β-unsaturated/α-hetero) is 1. The zero-order valence-electron chi connectivity index (χ0n) is 16.7. The van der Waals surface area contributed by atoms with Crippen molar-refractivity contribution >= 4 is 33.0 Å². The predicted molar refractivity (Wildman–Crippen MR) is 119 cm³/mol. The van der Waals surface area contributed by atoms with Crippen molar-refractivity contribution in [2.45, 2.75) is 32.2 Å². The Morgan fingerprint density at radius 1 is 1.03 bits per heavy atom. The summed E-state index contributed by atoms with van der Waals surface area (Å²) in [6.45, 7) is 5.28. The summed E-state index contributed by atoms with van der Waals surface area (Å²) in [4.78, 5) is 39.0. The van der Waals surface area contributed by atoms with Crippen LogP contribution < -0.4 is 16.6 Å². The number of ketones is 1. The van der Waals surface area contributed by atoms with Gasteiger partial charge in [-0.15, -0.1) is 6.58 Å². The second kappa shape index (κ2) is 7.22. The molecule has 0 fully saturated rings. The number of aromatic nitrogens is 2. The number of carbonyl (C=O) groups excluding carboxylic acids is 1. The summed E-state index contributed by atoms with van der Waals surface area (Å²) >= 11 is 0. The van der Waals surface area contributed by atoms with Gasteiger partial charge >= 0.3 is 5.69 Å². The van der Waals surface area contributed by atoms with E-state index in [1.165, 1.54) is 4.57 Å². The van der Waals surface area contributed by atoms with Gasteiger partial charge in [-0.05, 0) is 49.6 Å². The molecule has 0 saturated heterocycles. The van der Waals surface area contributed by atoms with Gasteiger partial charge in [0.15, 0.2) is 5.78 Å². The van der Waals surface area contributed by atoms with Crippen molar-refractivity contribution in [1.29, 1.82) is 0 Å². The number of benzene rings is 2. The van der Waals surface area contributed by atoms with Gasteiger partial charge in [-0.2, -0.15) is 0 Å². The lowest BCUT2D eigenvalue weighted by atomic mass is 9.87. The quantitative estimate of drug-likeness (QED) is 0.398. The van der Waals surface area contributed by atoms with Crippen molar-refractivity contribution in [3.05, 3.63) is 75.0 Å². The first-order chi connectivity index (χ1) is 14.6. The number of aryl methyl sites for hydroxylation is 1. The molecule has 1 aliphatic rings. The maximum atomic E-state index is 13.4. The lowest BCUT2D eigenvalue weighted by Gasteiger charge is -2.15. The number of para-hydroxylation sites is 1. The molecule has 30 heavy (non-hydrogen) atoms. The van der Waals surface area contributed by atoms with E-state index >= 15 is 0 Å².